The van der Waals surface area contributed by atoms with Gasteiger partial charge < -0.3 is 20.9 Å². The molecule has 4 aromatic rings. The number of dihydropyridines is 1. The number of H-pyrrole nitrogens is 1. The second kappa shape index (κ2) is 8.43. The van der Waals surface area contributed by atoms with Crippen LogP contribution in [0.25, 0.3) is 33.4 Å². The van der Waals surface area contributed by atoms with Crippen molar-refractivity contribution in [3.63, 3.8) is 0 Å². The molecule has 0 spiro atoms. The highest BCUT2D eigenvalue weighted by Crippen LogP contribution is 2.35. The SMILES string of the molecule is CCn1cc(-c2ccnc3[nH]ccc23)c(-c2ccc(NC(=O)NC3=CNCC=C3)cc2)n1. The maximum atomic E-state index is 12.3. The van der Waals surface area contributed by atoms with E-state index >= 15 is 0 Å². The van der Waals surface area contributed by atoms with Gasteiger partial charge >= 0.3 is 6.03 Å². The minimum absolute atomic E-state index is 0.292. The third kappa shape index (κ3) is 3.85. The topological polar surface area (TPSA) is 99.7 Å². The van der Waals surface area contributed by atoms with Crippen molar-refractivity contribution in [2.24, 2.45) is 0 Å². The van der Waals surface area contributed by atoms with E-state index in [1.54, 1.807) is 12.4 Å². The molecule has 0 aliphatic carbocycles. The molecular weight excluding hydrogens is 402 g/mol. The number of aryl methyl sites for hydroxylation is 1. The fraction of sp³-hybridized carbons (Fsp3) is 0.125. The van der Waals surface area contributed by atoms with Gasteiger partial charge in [-0.1, -0.05) is 18.2 Å². The summed E-state index contributed by atoms with van der Waals surface area (Å²) in [5.41, 5.74) is 6.25. The molecule has 5 rings (SSSR count). The lowest BCUT2D eigenvalue weighted by molar-refractivity contribution is 0.254. The third-order valence-corrected chi connectivity index (χ3v) is 5.30. The number of amides is 2. The quantitative estimate of drug-likeness (QED) is 0.384. The molecule has 3 aromatic heterocycles. The van der Waals surface area contributed by atoms with Gasteiger partial charge in [0.25, 0.3) is 0 Å². The van der Waals surface area contributed by atoms with Crippen LogP contribution in [0.15, 0.2) is 79.0 Å². The molecule has 0 bridgehead atoms. The molecule has 160 valence electrons. The highest BCUT2D eigenvalue weighted by molar-refractivity contribution is 5.97. The van der Waals surface area contributed by atoms with E-state index in [-0.39, 0.29) is 6.03 Å². The van der Waals surface area contributed by atoms with Crippen LogP contribution in [0.2, 0.25) is 0 Å². The molecule has 8 nitrogen and oxygen atoms in total. The number of rotatable bonds is 5. The van der Waals surface area contributed by atoms with Gasteiger partial charge in [0.2, 0.25) is 0 Å². The molecule has 4 N–H and O–H groups in total. The number of anilines is 1. The molecule has 0 saturated carbocycles. The lowest BCUT2D eigenvalue weighted by atomic mass is 10.0. The summed E-state index contributed by atoms with van der Waals surface area (Å²) < 4.78 is 1.93. The zero-order valence-corrected chi connectivity index (χ0v) is 17.6. The lowest BCUT2D eigenvalue weighted by Crippen LogP contribution is -2.29. The zero-order chi connectivity index (χ0) is 21.9. The maximum Gasteiger partial charge on any atom is 0.323 e. The number of carbonyl (C=O) groups excluding carboxylic acids is 1. The van der Waals surface area contributed by atoms with E-state index in [4.69, 9.17) is 5.10 Å². The number of pyridine rings is 1. The summed E-state index contributed by atoms with van der Waals surface area (Å²) in [7, 11) is 0. The molecule has 0 saturated heterocycles. The Balaban J connectivity index is 1.41. The molecule has 0 unspecified atom stereocenters. The number of aromatic nitrogens is 4. The Morgan fingerprint density at radius 3 is 2.78 bits per heavy atom. The number of allylic oxidation sites excluding steroid dienone is 1. The van der Waals surface area contributed by atoms with Crippen molar-refractivity contribution in [3.8, 4) is 22.4 Å². The van der Waals surface area contributed by atoms with E-state index in [1.807, 2.05) is 59.4 Å². The van der Waals surface area contributed by atoms with Crippen molar-refractivity contribution in [1.82, 2.24) is 30.4 Å². The average molecular weight is 425 g/mol. The highest BCUT2D eigenvalue weighted by atomic mass is 16.2. The van der Waals surface area contributed by atoms with E-state index in [0.717, 1.165) is 46.5 Å². The van der Waals surface area contributed by atoms with Crippen LogP contribution < -0.4 is 16.0 Å². The van der Waals surface area contributed by atoms with Gasteiger partial charge in [-0.05, 0) is 42.8 Å². The first-order valence-electron chi connectivity index (χ1n) is 10.5. The van der Waals surface area contributed by atoms with Gasteiger partial charge in [0.15, 0.2) is 0 Å². The summed E-state index contributed by atoms with van der Waals surface area (Å²) in [5, 5.41) is 14.6. The fourth-order valence-corrected chi connectivity index (χ4v) is 3.74. The number of fused-ring (bicyclic) bond motifs is 1. The number of aromatic amines is 1. The van der Waals surface area contributed by atoms with Crippen LogP contribution >= 0.6 is 0 Å². The molecule has 0 radical (unpaired) electrons. The number of hydrogen-bond acceptors (Lipinski definition) is 4. The highest BCUT2D eigenvalue weighted by Gasteiger charge is 2.16. The van der Waals surface area contributed by atoms with E-state index in [2.05, 4.69) is 39.0 Å². The first-order chi connectivity index (χ1) is 15.7. The van der Waals surface area contributed by atoms with Crippen molar-refractivity contribution >= 4 is 22.8 Å². The molecule has 32 heavy (non-hydrogen) atoms. The first-order valence-corrected chi connectivity index (χ1v) is 10.5. The molecule has 8 heteroatoms. The number of carbonyl (C=O) groups is 1. The van der Waals surface area contributed by atoms with Crippen LogP contribution in [-0.4, -0.2) is 32.3 Å². The Kier molecular flexibility index (Phi) is 5.17. The number of urea groups is 1. The van der Waals surface area contributed by atoms with E-state index in [1.165, 1.54) is 0 Å². The van der Waals surface area contributed by atoms with Crippen LogP contribution in [0.3, 0.4) is 0 Å². The number of nitrogens with zero attached hydrogens (tertiary/aromatic N) is 3. The Morgan fingerprint density at radius 1 is 1.12 bits per heavy atom. The van der Waals surface area contributed by atoms with Crippen molar-refractivity contribution in [3.05, 3.63) is 79.0 Å². The third-order valence-electron chi connectivity index (χ3n) is 5.30. The van der Waals surface area contributed by atoms with Crippen molar-refractivity contribution in [2.45, 2.75) is 13.5 Å². The standard InChI is InChI=1S/C24H23N7O/c1-2-31-15-21(19-9-12-26-23-20(19)10-13-27-23)22(30-31)16-5-7-17(8-6-16)28-24(32)29-18-4-3-11-25-14-18/h3-10,12-15,25H,2,11H2,1H3,(H,26,27)(H2,28,29,32). The smallest absolute Gasteiger partial charge is 0.323 e. The fourth-order valence-electron chi connectivity index (χ4n) is 3.74. The molecule has 1 aliphatic heterocycles. The second-order valence-electron chi connectivity index (χ2n) is 7.41. The second-order valence-corrected chi connectivity index (χ2v) is 7.41. The summed E-state index contributed by atoms with van der Waals surface area (Å²) in [6.07, 6.45) is 11.4. The summed E-state index contributed by atoms with van der Waals surface area (Å²) in [4.78, 5) is 19.8. The molecule has 0 atom stereocenters. The average Bonchev–Trinajstić information content (AvgIpc) is 3.47. The summed E-state index contributed by atoms with van der Waals surface area (Å²) >= 11 is 0. The van der Waals surface area contributed by atoms with Crippen LogP contribution in [0.4, 0.5) is 10.5 Å². The number of hydrogen-bond donors (Lipinski definition) is 4. The molecule has 4 heterocycles. The van der Waals surface area contributed by atoms with E-state index < -0.39 is 0 Å². The van der Waals surface area contributed by atoms with Crippen LogP contribution in [0.5, 0.6) is 0 Å². The summed E-state index contributed by atoms with van der Waals surface area (Å²) in [6, 6.07) is 11.5. The van der Waals surface area contributed by atoms with Gasteiger partial charge in [0.05, 0.1) is 5.70 Å². The van der Waals surface area contributed by atoms with E-state index in [9.17, 15) is 4.79 Å². The Hall–Kier alpha value is -4.33. The van der Waals surface area contributed by atoms with E-state index in [0.29, 0.717) is 11.4 Å². The van der Waals surface area contributed by atoms with Crippen molar-refractivity contribution in [1.29, 1.82) is 0 Å². The summed E-state index contributed by atoms with van der Waals surface area (Å²) in [6.45, 7) is 3.60. The van der Waals surface area contributed by atoms with Gasteiger partial charge in [-0.25, -0.2) is 9.78 Å². The molecular formula is C24H23N7O. The van der Waals surface area contributed by atoms with Crippen LogP contribution in [-0.2, 0) is 6.54 Å². The largest absolute Gasteiger partial charge is 0.386 e. The molecule has 1 aromatic carbocycles. The van der Waals surface area contributed by atoms with Gasteiger partial charge in [0.1, 0.15) is 11.3 Å². The minimum Gasteiger partial charge on any atom is -0.386 e. The van der Waals surface area contributed by atoms with Crippen LogP contribution in [0, 0.1) is 0 Å². The van der Waals surface area contributed by atoms with Gasteiger partial charge in [-0.2, -0.15) is 5.10 Å². The molecule has 0 fully saturated rings. The Morgan fingerprint density at radius 2 is 2.00 bits per heavy atom. The number of nitrogens with one attached hydrogen (secondary N) is 4. The lowest BCUT2D eigenvalue weighted by Gasteiger charge is -2.11. The normalized spacial score (nSPS) is 13.0. The predicted molar refractivity (Wildman–Crippen MR) is 126 cm³/mol. The monoisotopic (exact) mass is 425 g/mol. The van der Waals surface area contributed by atoms with Crippen LogP contribution in [0.1, 0.15) is 6.92 Å². The minimum atomic E-state index is -0.292. The number of benzene rings is 1. The van der Waals surface area contributed by atoms with Gasteiger partial charge in [0, 0.05) is 60.1 Å². The predicted octanol–water partition coefficient (Wildman–Crippen LogP) is 4.24. The Labute approximate surface area is 185 Å². The van der Waals surface area contributed by atoms with Gasteiger partial charge in [-0.15, -0.1) is 0 Å². The molecule has 2 amide bonds. The Bertz CT molecular complexity index is 1330. The van der Waals surface area contributed by atoms with Gasteiger partial charge in [-0.3, -0.25) is 4.68 Å². The van der Waals surface area contributed by atoms with Crippen molar-refractivity contribution in [2.75, 3.05) is 11.9 Å². The molecule has 1 aliphatic rings. The zero-order valence-electron chi connectivity index (χ0n) is 17.6. The van der Waals surface area contributed by atoms with Crippen molar-refractivity contribution < 1.29 is 4.79 Å². The maximum absolute atomic E-state index is 12.3. The summed E-state index contributed by atoms with van der Waals surface area (Å²) in [5.74, 6) is 0. The first kappa shape index (κ1) is 19.6.